The molecule has 0 spiro atoms. The zero-order chi connectivity index (χ0) is 14.9. The maximum atomic E-state index is 10.5. The number of hydrogen-bond donors (Lipinski definition) is 1. The standard InChI is InChI=1S/C16H23NO4/c1-16(2)11-17(5-6-21-16)10-13(18)12-3-4-14-15(9-12)20-8-7-19-14/h3-4,9,13,18H,5-8,10-11H2,1-2H3. The minimum Gasteiger partial charge on any atom is -0.486 e. The number of nitrogens with zero attached hydrogens (tertiary/aromatic N) is 1. The zero-order valence-electron chi connectivity index (χ0n) is 12.7. The molecular formula is C16H23NO4. The predicted octanol–water partition coefficient (Wildman–Crippen LogP) is 1.60. The van der Waals surface area contributed by atoms with Gasteiger partial charge in [-0.25, -0.2) is 0 Å². The number of aliphatic hydroxyl groups is 1. The monoisotopic (exact) mass is 293 g/mol. The lowest BCUT2D eigenvalue weighted by Crippen LogP contribution is -2.49. The number of fused-ring (bicyclic) bond motifs is 1. The number of morpholine rings is 1. The van der Waals surface area contributed by atoms with Gasteiger partial charge in [0.15, 0.2) is 11.5 Å². The Morgan fingerprint density at radius 3 is 2.71 bits per heavy atom. The van der Waals surface area contributed by atoms with Gasteiger partial charge in [0.05, 0.1) is 18.3 Å². The summed E-state index contributed by atoms with van der Waals surface area (Å²) in [6.07, 6.45) is -0.533. The van der Waals surface area contributed by atoms with Crippen LogP contribution < -0.4 is 9.47 Å². The fourth-order valence-corrected chi connectivity index (χ4v) is 2.89. The zero-order valence-corrected chi connectivity index (χ0v) is 12.7. The van der Waals surface area contributed by atoms with Crippen LogP contribution in [-0.4, -0.2) is 55.1 Å². The number of rotatable bonds is 3. The number of aliphatic hydroxyl groups excluding tert-OH is 1. The van der Waals surface area contributed by atoms with Gasteiger partial charge in [0.2, 0.25) is 0 Å². The molecule has 1 fully saturated rings. The van der Waals surface area contributed by atoms with Crippen molar-refractivity contribution in [3.8, 4) is 11.5 Å². The van der Waals surface area contributed by atoms with Crippen LogP contribution in [0.15, 0.2) is 18.2 Å². The van der Waals surface area contributed by atoms with Gasteiger partial charge >= 0.3 is 0 Å². The van der Waals surface area contributed by atoms with Crippen LogP contribution >= 0.6 is 0 Å². The Hall–Kier alpha value is -1.30. The van der Waals surface area contributed by atoms with Crippen LogP contribution in [0.1, 0.15) is 25.5 Å². The summed E-state index contributed by atoms with van der Waals surface area (Å²) in [7, 11) is 0. The van der Waals surface area contributed by atoms with Crippen LogP contribution in [0.25, 0.3) is 0 Å². The molecular weight excluding hydrogens is 270 g/mol. The summed E-state index contributed by atoms with van der Waals surface area (Å²) in [6, 6.07) is 5.66. The van der Waals surface area contributed by atoms with Crippen molar-refractivity contribution in [1.82, 2.24) is 4.90 Å². The molecule has 0 saturated carbocycles. The van der Waals surface area contributed by atoms with E-state index in [9.17, 15) is 5.11 Å². The van der Waals surface area contributed by atoms with E-state index >= 15 is 0 Å². The van der Waals surface area contributed by atoms with Gasteiger partial charge in [0, 0.05) is 19.6 Å². The lowest BCUT2D eigenvalue weighted by Gasteiger charge is -2.39. The van der Waals surface area contributed by atoms with Crippen molar-refractivity contribution >= 4 is 0 Å². The third-order valence-electron chi connectivity index (χ3n) is 3.89. The highest BCUT2D eigenvalue weighted by atomic mass is 16.6. The lowest BCUT2D eigenvalue weighted by atomic mass is 10.0. The quantitative estimate of drug-likeness (QED) is 0.917. The highest BCUT2D eigenvalue weighted by molar-refractivity contribution is 5.44. The Labute approximate surface area is 125 Å². The first-order valence-electron chi connectivity index (χ1n) is 7.47. The predicted molar refractivity (Wildman–Crippen MR) is 78.9 cm³/mol. The van der Waals surface area contributed by atoms with E-state index in [1.165, 1.54) is 0 Å². The van der Waals surface area contributed by atoms with E-state index < -0.39 is 6.10 Å². The van der Waals surface area contributed by atoms with Crippen molar-refractivity contribution in [3.05, 3.63) is 23.8 Å². The van der Waals surface area contributed by atoms with E-state index in [0.717, 1.165) is 30.2 Å². The molecule has 3 rings (SSSR count). The smallest absolute Gasteiger partial charge is 0.161 e. The molecule has 0 aromatic heterocycles. The molecule has 5 heteroatoms. The second-order valence-corrected chi connectivity index (χ2v) is 6.26. The molecule has 0 amide bonds. The summed E-state index contributed by atoms with van der Waals surface area (Å²) in [6.45, 7) is 8.29. The largest absolute Gasteiger partial charge is 0.486 e. The molecule has 0 aliphatic carbocycles. The normalized spacial score (nSPS) is 22.8. The Morgan fingerprint density at radius 1 is 1.19 bits per heavy atom. The molecule has 1 atom stereocenters. The molecule has 2 aliphatic rings. The van der Waals surface area contributed by atoms with E-state index in [0.29, 0.717) is 26.4 Å². The van der Waals surface area contributed by atoms with E-state index in [-0.39, 0.29) is 5.60 Å². The highest BCUT2D eigenvalue weighted by Crippen LogP contribution is 2.33. The first kappa shape index (κ1) is 14.6. The molecule has 1 unspecified atom stereocenters. The van der Waals surface area contributed by atoms with Crippen LogP contribution in [-0.2, 0) is 4.74 Å². The number of benzene rings is 1. The van der Waals surface area contributed by atoms with Gasteiger partial charge in [0.1, 0.15) is 13.2 Å². The van der Waals surface area contributed by atoms with Gasteiger partial charge < -0.3 is 19.3 Å². The van der Waals surface area contributed by atoms with E-state index in [4.69, 9.17) is 14.2 Å². The molecule has 1 aromatic carbocycles. The third kappa shape index (κ3) is 3.48. The maximum Gasteiger partial charge on any atom is 0.161 e. The van der Waals surface area contributed by atoms with Crippen molar-refractivity contribution in [1.29, 1.82) is 0 Å². The second-order valence-electron chi connectivity index (χ2n) is 6.26. The highest BCUT2D eigenvalue weighted by Gasteiger charge is 2.28. The first-order valence-corrected chi connectivity index (χ1v) is 7.47. The average molecular weight is 293 g/mol. The minimum absolute atomic E-state index is 0.148. The van der Waals surface area contributed by atoms with Gasteiger partial charge in [-0.3, -0.25) is 4.90 Å². The van der Waals surface area contributed by atoms with E-state index in [1.807, 2.05) is 18.2 Å². The van der Waals surface area contributed by atoms with E-state index in [2.05, 4.69) is 18.7 Å². The van der Waals surface area contributed by atoms with Crippen molar-refractivity contribution < 1.29 is 19.3 Å². The van der Waals surface area contributed by atoms with Crippen molar-refractivity contribution in [2.45, 2.75) is 25.6 Å². The minimum atomic E-state index is -0.533. The van der Waals surface area contributed by atoms with Crippen LogP contribution in [0.2, 0.25) is 0 Å². The molecule has 21 heavy (non-hydrogen) atoms. The van der Waals surface area contributed by atoms with E-state index in [1.54, 1.807) is 0 Å². The molecule has 2 heterocycles. The Morgan fingerprint density at radius 2 is 1.95 bits per heavy atom. The van der Waals surface area contributed by atoms with Crippen LogP contribution in [0.4, 0.5) is 0 Å². The number of β-amino-alcohol motifs (C(OH)–C–C–N with tert-alkyl or cyclic N) is 1. The molecule has 0 bridgehead atoms. The molecule has 1 aromatic rings. The average Bonchev–Trinajstić information content (AvgIpc) is 2.45. The molecule has 0 radical (unpaired) electrons. The summed E-state index contributed by atoms with van der Waals surface area (Å²) >= 11 is 0. The number of hydrogen-bond acceptors (Lipinski definition) is 5. The second kappa shape index (κ2) is 5.83. The molecule has 5 nitrogen and oxygen atoms in total. The molecule has 1 saturated heterocycles. The summed E-state index contributed by atoms with van der Waals surface area (Å²) in [5, 5.41) is 10.5. The summed E-state index contributed by atoms with van der Waals surface area (Å²) in [4.78, 5) is 2.24. The Balaban J connectivity index is 1.66. The lowest BCUT2D eigenvalue weighted by molar-refractivity contribution is -0.0932. The number of ether oxygens (including phenoxy) is 3. The van der Waals surface area contributed by atoms with Gasteiger partial charge in [-0.2, -0.15) is 0 Å². The van der Waals surface area contributed by atoms with Crippen molar-refractivity contribution in [2.75, 3.05) is 39.5 Å². The van der Waals surface area contributed by atoms with Crippen LogP contribution in [0.5, 0.6) is 11.5 Å². The topological polar surface area (TPSA) is 51.2 Å². The third-order valence-corrected chi connectivity index (χ3v) is 3.89. The van der Waals surface area contributed by atoms with Crippen LogP contribution in [0.3, 0.4) is 0 Å². The van der Waals surface area contributed by atoms with Gasteiger partial charge in [-0.15, -0.1) is 0 Å². The maximum absolute atomic E-state index is 10.5. The molecule has 1 N–H and O–H groups in total. The van der Waals surface area contributed by atoms with Gasteiger partial charge in [-0.1, -0.05) is 6.07 Å². The first-order chi connectivity index (χ1) is 10.0. The summed E-state index contributed by atoms with van der Waals surface area (Å²) in [5.74, 6) is 1.48. The van der Waals surface area contributed by atoms with Crippen molar-refractivity contribution in [2.24, 2.45) is 0 Å². The summed E-state index contributed by atoms with van der Waals surface area (Å²) < 4.78 is 16.8. The summed E-state index contributed by atoms with van der Waals surface area (Å²) in [5.41, 5.74) is 0.716. The fraction of sp³-hybridized carbons (Fsp3) is 0.625. The SMILES string of the molecule is CC1(C)CN(CC(O)c2ccc3c(c2)OCCO3)CCO1. The van der Waals surface area contributed by atoms with Gasteiger partial charge in [0.25, 0.3) is 0 Å². The Bertz CT molecular complexity index is 503. The Kier molecular flexibility index (Phi) is 4.06. The molecule has 116 valence electrons. The van der Waals surface area contributed by atoms with Crippen molar-refractivity contribution in [3.63, 3.8) is 0 Å². The van der Waals surface area contributed by atoms with Gasteiger partial charge in [-0.05, 0) is 31.5 Å². The fourth-order valence-electron chi connectivity index (χ4n) is 2.89. The van der Waals surface area contributed by atoms with Crippen LogP contribution in [0, 0.1) is 0 Å². The molecule has 2 aliphatic heterocycles.